The molecule has 218 valence electrons. The zero-order chi connectivity index (χ0) is 28.2. The van der Waals surface area contributed by atoms with Gasteiger partial charge in [0.05, 0.1) is 23.6 Å². The lowest BCUT2D eigenvalue weighted by Crippen LogP contribution is -2.68. The molecule has 3 aliphatic rings. The number of carbonyl (C=O) groups is 1. The van der Waals surface area contributed by atoms with E-state index in [1.165, 1.54) is 4.31 Å². The predicted molar refractivity (Wildman–Crippen MR) is 155 cm³/mol. The summed E-state index contributed by atoms with van der Waals surface area (Å²) in [5.41, 5.74) is 0.569. The Morgan fingerprint density at radius 2 is 1.73 bits per heavy atom. The fraction of sp³-hybridized carbons (Fsp3) is 0.581. The Hall–Kier alpha value is -2.46. The topological polar surface area (TPSA) is 99.2 Å². The van der Waals surface area contributed by atoms with Crippen LogP contribution in [0.25, 0.3) is 0 Å². The van der Waals surface area contributed by atoms with Crippen molar-refractivity contribution in [2.75, 3.05) is 33.3 Å². The number of methoxy groups -OCH3 is 1. The fourth-order valence-electron chi connectivity index (χ4n) is 6.78. The van der Waals surface area contributed by atoms with Gasteiger partial charge in [-0.15, -0.1) is 0 Å². The molecule has 2 N–H and O–H groups in total. The summed E-state index contributed by atoms with van der Waals surface area (Å²) >= 11 is 0. The molecular formula is C31H43N3O5S. The second-order valence-electron chi connectivity index (χ2n) is 11.8. The number of benzene rings is 2. The fourth-order valence-corrected chi connectivity index (χ4v) is 8.33. The summed E-state index contributed by atoms with van der Waals surface area (Å²) in [4.78, 5) is 16.0. The van der Waals surface area contributed by atoms with Gasteiger partial charge in [0, 0.05) is 32.2 Å². The van der Waals surface area contributed by atoms with E-state index in [4.69, 9.17) is 4.74 Å². The number of carbonyl (C=O) groups excluding carboxylic acids is 1. The maximum Gasteiger partial charge on any atom is 0.243 e. The Balaban J connectivity index is 1.36. The molecule has 0 bridgehead atoms. The van der Waals surface area contributed by atoms with Crippen molar-refractivity contribution in [3.63, 3.8) is 0 Å². The standard InChI is InChI=1S/C31H43N3O5S/c1-39-28-13-15-29(16-14-28)40(37,38)33(21-25-11-5-6-12-25)22-27(35)23-34-26(19-24-9-3-2-4-10-24)20-32-31(30(34)36)17-7-8-18-31/h2-4,9-10,13-16,25-27,32,35H,5-8,11-12,17-23H2,1H3/t26-,27?/m0/s1. The van der Waals surface area contributed by atoms with Crippen molar-refractivity contribution < 1.29 is 23.1 Å². The summed E-state index contributed by atoms with van der Waals surface area (Å²) in [7, 11) is -2.30. The molecule has 9 heteroatoms. The van der Waals surface area contributed by atoms with Gasteiger partial charge in [-0.1, -0.05) is 56.0 Å². The van der Waals surface area contributed by atoms with E-state index in [-0.39, 0.29) is 35.9 Å². The third kappa shape index (κ3) is 6.38. The summed E-state index contributed by atoms with van der Waals surface area (Å²) in [6.07, 6.45) is 7.47. The minimum atomic E-state index is -3.85. The van der Waals surface area contributed by atoms with E-state index < -0.39 is 21.7 Å². The van der Waals surface area contributed by atoms with Crippen LogP contribution in [0.1, 0.15) is 56.9 Å². The number of sulfonamides is 1. The molecule has 1 spiro atoms. The van der Waals surface area contributed by atoms with Crippen molar-refractivity contribution >= 4 is 15.9 Å². The van der Waals surface area contributed by atoms with Crippen LogP contribution in [0, 0.1) is 5.92 Å². The van der Waals surface area contributed by atoms with Crippen LogP contribution in [-0.4, -0.2) is 79.6 Å². The molecule has 1 heterocycles. The first-order valence-corrected chi connectivity index (χ1v) is 16.2. The lowest BCUT2D eigenvalue weighted by molar-refractivity contribution is -0.146. The van der Waals surface area contributed by atoms with Gasteiger partial charge >= 0.3 is 0 Å². The summed E-state index contributed by atoms with van der Waals surface area (Å²) in [5, 5.41) is 15.0. The van der Waals surface area contributed by atoms with Gasteiger partial charge in [-0.05, 0) is 67.9 Å². The molecule has 1 unspecified atom stereocenters. The zero-order valence-corrected chi connectivity index (χ0v) is 24.3. The minimum Gasteiger partial charge on any atom is -0.497 e. The van der Waals surface area contributed by atoms with Crippen molar-refractivity contribution in [1.29, 1.82) is 0 Å². The molecule has 2 saturated carbocycles. The molecule has 1 aliphatic heterocycles. The van der Waals surface area contributed by atoms with E-state index in [0.29, 0.717) is 25.3 Å². The Labute approximate surface area is 238 Å². The van der Waals surface area contributed by atoms with Crippen LogP contribution in [0.3, 0.4) is 0 Å². The molecule has 0 aromatic heterocycles. The van der Waals surface area contributed by atoms with Gasteiger partial charge in [-0.3, -0.25) is 4.79 Å². The first-order valence-electron chi connectivity index (χ1n) is 14.7. The lowest BCUT2D eigenvalue weighted by atomic mass is 9.89. The van der Waals surface area contributed by atoms with Gasteiger partial charge < -0.3 is 20.1 Å². The highest BCUT2D eigenvalue weighted by Gasteiger charge is 2.48. The molecule has 2 atom stereocenters. The number of rotatable bonds is 11. The number of nitrogens with zero attached hydrogens (tertiary/aromatic N) is 2. The van der Waals surface area contributed by atoms with Gasteiger partial charge in [0.2, 0.25) is 15.9 Å². The van der Waals surface area contributed by atoms with Crippen LogP contribution in [0.5, 0.6) is 5.75 Å². The molecule has 1 saturated heterocycles. The van der Waals surface area contributed by atoms with Gasteiger partial charge in [-0.25, -0.2) is 8.42 Å². The van der Waals surface area contributed by atoms with E-state index in [1.54, 1.807) is 31.4 Å². The Morgan fingerprint density at radius 1 is 1.05 bits per heavy atom. The summed E-state index contributed by atoms with van der Waals surface area (Å²) in [6.45, 7) is 1.09. The highest BCUT2D eigenvalue weighted by atomic mass is 32.2. The van der Waals surface area contributed by atoms with Gasteiger partial charge in [0.1, 0.15) is 5.75 Å². The van der Waals surface area contributed by atoms with Crippen LogP contribution in [0.4, 0.5) is 0 Å². The number of hydrogen-bond donors (Lipinski definition) is 2. The van der Waals surface area contributed by atoms with Crippen molar-refractivity contribution in [1.82, 2.24) is 14.5 Å². The van der Waals surface area contributed by atoms with E-state index in [2.05, 4.69) is 17.4 Å². The molecule has 2 aromatic rings. The monoisotopic (exact) mass is 569 g/mol. The smallest absolute Gasteiger partial charge is 0.243 e. The van der Waals surface area contributed by atoms with E-state index in [9.17, 15) is 18.3 Å². The number of aliphatic hydroxyl groups is 1. The second kappa shape index (κ2) is 12.6. The highest BCUT2D eigenvalue weighted by Crippen LogP contribution is 2.35. The average Bonchev–Trinajstić information content (AvgIpc) is 3.66. The van der Waals surface area contributed by atoms with Crippen molar-refractivity contribution in [2.45, 2.75) is 80.4 Å². The molecule has 2 aliphatic carbocycles. The van der Waals surface area contributed by atoms with Crippen LogP contribution < -0.4 is 10.1 Å². The highest BCUT2D eigenvalue weighted by molar-refractivity contribution is 7.89. The Bertz CT molecular complexity index is 1230. The van der Waals surface area contributed by atoms with Crippen molar-refractivity contribution in [3.05, 3.63) is 60.2 Å². The number of amides is 1. The number of hydrogen-bond acceptors (Lipinski definition) is 6. The first kappa shape index (κ1) is 29.0. The molecule has 0 radical (unpaired) electrons. The molecule has 8 nitrogen and oxygen atoms in total. The third-order valence-electron chi connectivity index (χ3n) is 9.01. The van der Waals surface area contributed by atoms with E-state index >= 15 is 0 Å². The summed E-state index contributed by atoms with van der Waals surface area (Å²) < 4.78 is 34.3. The molecule has 40 heavy (non-hydrogen) atoms. The van der Waals surface area contributed by atoms with Crippen molar-refractivity contribution in [2.24, 2.45) is 5.92 Å². The summed E-state index contributed by atoms with van der Waals surface area (Å²) in [6, 6.07) is 16.4. The van der Waals surface area contributed by atoms with Gasteiger partial charge in [0.25, 0.3) is 0 Å². The van der Waals surface area contributed by atoms with Gasteiger partial charge in [-0.2, -0.15) is 4.31 Å². The lowest BCUT2D eigenvalue weighted by Gasteiger charge is -2.46. The Morgan fingerprint density at radius 3 is 2.38 bits per heavy atom. The average molecular weight is 570 g/mol. The number of ether oxygens (including phenoxy) is 1. The maximum absolute atomic E-state index is 13.9. The summed E-state index contributed by atoms with van der Waals surface area (Å²) in [5.74, 6) is 0.897. The van der Waals surface area contributed by atoms with Gasteiger partial charge in [0.15, 0.2) is 0 Å². The largest absolute Gasteiger partial charge is 0.497 e. The Kier molecular flexibility index (Phi) is 9.14. The second-order valence-corrected chi connectivity index (χ2v) is 13.7. The zero-order valence-electron chi connectivity index (χ0n) is 23.5. The maximum atomic E-state index is 13.9. The minimum absolute atomic E-state index is 0.0385. The molecule has 1 amide bonds. The van der Waals surface area contributed by atoms with E-state index in [1.807, 2.05) is 23.1 Å². The van der Waals surface area contributed by atoms with Crippen LogP contribution in [-0.2, 0) is 21.2 Å². The van der Waals surface area contributed by atoms with Crippen LogP contribution >= 0.6 is 0 Å². The predicted octanol–water partition coefficient (Wildman–Crippen LogP) is 3.59. The van der Waals surface area contributed by atoms with E-state index in [0.717, 1.165) is 56.9 Å². The molecule has 2 aromatic carbocycles. The van der Waals surface area contributed by atoms with Crippen molar-refractivity contribution in [3.8, 4) is 5.75 Å². The molecule has 5 rings (SSSR count). The molecule has 3 fully saturated rings. The number of piperazine rings is 1. The number of aliphatic hydroxyl groups excluding tert-OH is 1. The third-order valence-corrected chi connectivity index (χ3v) is 10.9. The SMILES string of the molecule is COc1ccc(S(=O)(=O)N(CC(O)CN2C(=O)C3(CCCC3)NC[C@@H]2Cc2ccccc2)CC2CCCC2)cc1. The normalized spacial score (nSPS) is 22.3. The number of β-amino-alcohol motifs (C(OH)–C–C–N with tert-alkyl or cyclic N) is 1. The van der Waals surface area contributed by atoms with Crippen LogP contribution in [0.2, 0.25) is 0 Å². The quantitative estimate of drug-likeness (QED) is 0.429. The van der Waals surface area contributed by atoms with Crippen LogP contribution in [0.15, 0.2) is 59.5 Å². The number of nitrogens with one attached hydrogen (secondary N) is 1. The molecular weight excluding hydrogens is 526 g/mol. The first-order chi connectivity index (χ1) is 19.3.